The van der Waals surface area contributed by atoms with Gasteiger partial charge in [-0.05, 0) is 42.8 Å². The van der Waals surface area contributed by atoms with E-state index in [-0.39, 0.29) is 0 Å². The lowest BCUT2D eigenvalue weighted by molar-refractivity contribution is 0.671. The van der Waals surface area contributed by atoms with Gasteiger partial charge >= 0.3 is 0 Å². The maximum absolute atomic E-state index is 4.79. The van der Waals surface area contributed by atoms with E-state index in [1.165, 1.54) is 37.4 Å². The fraction of sp³-hybridized carbons (Fsp3) is 0.250. The van der Waals surface area contributed by atoms with Gasteiger partial charge < -0.3 is 0 Å². The fourth-order valence-electron chi connectivity index (χ4n) is 3.52. The Balaban J connectivity index is 1.53. The predicted molar refractivity (Wildman–Crippen MR) is 104 cm³/mol. The first-order valence-electron chi connectivity index (χ1n) is 9.14. The van der Waals surface area contributed by atoms with Crippen LogP contribution in [0, 0.1) is 0 Å². The summed E-state index contributed by atoms with van der Waals surface area (Å²) in [7, 11) is 0. The van der Waals surface area contributed by atoms with Gasteiger partial charge in [0.1, 0.15) is 10.9 Å². The maximum Gasteiger partial charge on any atom is 0.214 e. The molecule has 3 heterocycles. The van der Waals surface area contributed by atoms with E-state index in [0.717, 1.165) is 27.3 Å². The van der Waals surface area contributed by atoms with Crippen molar-refractivity contribution in [3.05, 3.63) is 54.6 Å². The molecule has 1 aromatic carbocycles. The largest absolute Gasteiger partial charge is 0.264 e. The number of pyridine rings is 1. The van der Waals surface area contributed by atoms with Crippen molar-refractivity contribution < 1.29 is 0 Å². The van der Waals surface area contributed by atoms with Crippen molar-refractivity contribution in [3.63, 3.8) is 0 Å². The van der Waals surface area contributed by atoms with Crippen LogP contribution in [0.25, 0.3) is 22.3 Å². The number of para-hydroxylation sites is 1. The summed E-state index contributed by atoms with van der Waals surface area (Å²) >= 11 is 1.48. The lowest BCUT2D eigenvalue weighted by atomic mass is 10.1. The lowest BCUT2D eigenvalue weighted by Crippen LogP contribution is -1.95. The molecule has 1 N–H and O–H groups in total. The van der Waals surface area contributed by atoms with Gasteiger partial charge in [0.05, 0.1) is 5.52 Å². The quantitative estimate of drug-likeness (QED) is 0.525. The zero-order valence-electron chi connectivity index (χ0n) is 14.7. The van der Waals surface area contributed by atoms with E-state index in [1.807, 2.05) is 36.4 Å². The standard InChI is InChI=1S/C20H18N6S/c1-2-7-13(6-1)18-24-20(26-25-18)27-19-15-9-3-4-10-16(15)22-17(23-19)14-8-5-11-21-12-14/h3-5,8-13H,1-2,6-7H2,(H,24,25,26). The molecule has 4 aromatic rings. The number of aromatic nitrogens is 6. The van der Waals surface area contributed by atoms with E-state index in [9.17, 15) is 0 Å². The van der Waals surface area contributed by atoms with Crippen LogP contribution >= 0.6 is 11.8 Å². The molecule has 3 aromatic heterocycles. The molecule has 0 atom stereocenters. The highest BCUT2D eigenvalue weighted by Crippen LogP contribution is 2.35. The van der Waals surface area contributed by atoms with Crippen LogP contribution < -0.4 is 0 Å². The van der Waals surface area contributed by atoms with Gasteiger partial charge in [-0.2, -0.15) is 0 Å². The molecule has 7 heteroatoms. The second-order valence-electron chi connectivity index (χ2n) is 6.70. The highest BCUT2D eigenvalue weighted by molar-refractivity contribution is 7.99. The van der Waals surface area contributed by atoms with Crippen LogP contribution in [0.5, 0.6) is 0 Å². The predicted octanol–water partition coefficient (Wildman–Crippen LogP) is 4.62. The number of benzene rings is 1. The minimum Gasteiger partial charge on any atom is -0.264 e. The zero-order valence-corrected chi connectivity index (χ0v) is 15.5. The maximum atomic E-state index is 4.79. The molecule has 0 radical (unpaired) electrons. The van der Waals surface area contributed by atoms with Gasteiger partial charge in [0.2, 0.25) is 5.16 Å². The van der Waals surface area contributed by atoms with Gasteiger partial charge in [0.15, 0.2) is 5.82 Å². The molecule has 0 unspecified atom stereocenters. The monoisotopic (exact) mass is 374 g/mol. The van der Waals surface area contributed by atoms with Crippen LogP contribution in [0.2, 0.25) is 0 Å². The molecule has 1 aliphatic rings. The molecular formula is C20H18N6S. The Kier molecular flexibility index (Phi) is 4.29. The molecule has 0 aliphatic heterocycles. The third-order valence-electron chi connectivity index (χ3n) is 4.90. The lowest BCUT2D eigenvalue weighted by Gasteiger charge is -2.07. The Labute approximate surface area is 160 Å². The highest BCUT2D eigenvalue weighted by atomic mass is 32.2. The van der Waals surface area contributed by atoms with Crippen molar-refractivity contribution >= 4 is 22.7 Å². The normalized spacial score (nSPS) is 14.8. The van der Waals surface area contributed by atoms with Gasteiger partial charge in [0.25, 0.3) is 0 Å². The molecule has 1 fully saturated rings. The Morgan fingerprint density at radius 3 is 2.70 bits per heavy atom. The summed E-state index contributed by atoms with van der Waals surface area (Å²) in [5, 5.41) is 10.1. The first kappa shape index (κ1) is 16.4. The van der Waals surface area contributed by atoms with Crippen LogP contribution in [-0.4, -0.2) is 30.1 Å². The van der Waals surface area contributed by atoms with Crippen molar-refractivity contribution in [3.8, 4) is 11.4 Å². The van der Waals surface area contributed by atoms with E-state index < -0.39 is 0 Å². The van der Waals surface area contributed by atoms with Crippen LogP contribution in [0.15, 0.2) is 59.0 Å². The summed E-state index contributed by atoms with van der Waals surface area (Å²) in [6, 6.07) is 11.9. The van der Waals surface area contributed by atoms with Crippen molar-refractivity contribution in [1.29, 1.82) is 0 Å². The first-order valence-corrected chi connectivity index (χ1v) is 9.96. The zero-order chi connectivity index (χ0) is 18.1. The average Bonchev–Trinajstić information content (AvgIpc) is 3.40. The molecule has 134 valence electrons. The number of hydrogen-bond donors (Lipinski definition) is 1. The second kappa shape index (κ2) is 7.08. The number of H-pyrrole nitrogens is 1. The highest BCUT2D eigenvalue weighted by Gasteiger charge is 2.21. The van der Waals surface area contributed by atoms with Crippen molar-refractivity contribution in [2.24, 2.45) is 0 Å². The topological polar surface area (TPSA) is 80.2 Å². The van der Waals surface area contributed by atoms with Crippen molar-refractivity contribution in [2.75, 3.05) is 0 Å². The first-order chi connectivity index (χ1) is 13.4. The van der Waals surface area contributed by atoms with Crippen molar-refractivity contribution in [2.45, 2.75) is 41.8 Å². The van der Waals surface area contributed by atoms with E-state index in [1.54, 1.807) is 12.4 Å². The minimum absolute atomic E-state index is 0.514. The fourth-order valence-corrected chi connectivity index (χ4v) is 4.34. The molecule has 1 aliphatic carbocycles. The van der Waals surface area contributed by atoms with Gasteiger partial charge in [-0.3, -0.25) is 10.1 Å². The second-order valence-corrected chi connectivity index (χ2v) is 7.65. The summed E-state index contributed by atoms with van der Waals surface area (Å²) in [6.45, 7) is 0. The van der Waals surface area contributed by atoms with E-state index >= 15 is 0 Å². The van der Waals surface area contributed by atoms with E-state index in [0.29, 0.717) is 16.9 Å². The summed E-state index contributed by atoms with van der Waals surface area (Å²) < 4.78 is 0. The summed E-state index contributed by atoms with van der Waals surface area (Å²) in [6.07, 6.45) is 8.47. The Hall–Kier alpha value is -2.80. The molecular weight excluding hydrogens is 356 g/mol. The third kappa shape index (κ3) is 3.30. The molecule has 5 rings (SSSR count). The van der Waals surface area contributed by atoms with Gasteiger partial charge in [0, 0.05) is 29.3 Å². The number of fused-ring (bicyclic) bond motifs is 1. The molecule has 0 spiro atoms. The Morgan fingerprint density at radius 1 is 0.963 bits per heavy atom. The number of rotatable bonds is 4. The van der Waals surface area contributed by atoms with Crippen LogP contribution in [0.1, 0.15) is 37.4 Å². The van der Waals surface area contributed by atoms with Gasteiger partial charge in [-0.15, -0.1) is 5.10 Å². The van der Waals surface area contributed by atoms with E-state index in [4.69, 9.17) is 15.0 Å². The Morgan fingerprint density at radius 2 is 1.85 bits per heavy atom. The smallest absolute Gasteiger partial charge is 0.214 e. The van der Waals surface area contributed by atoms with Gasteiger partial charge in [-0.25, -0.2) is 15.0 Å². The molecule has 0 amide bonds. The van der Waals surface area contributed by atoms with Gasteiger partial charge in [-0.1, -0.05) is 31.0 Å². The number of nitrogens with zero attached hydrogens (tertiary/aromatic N) is 5. The molecule has 0 bridgehead atoms. The SMILES string of the molecule is c1cncc(-c2nc(Sc3n[nH]c(C4CCCC4)n3)c3ccccc3n2)c1. The van der Waals surface area contributed by atoms with Crippen LogP contribution in [0.3, 0.4) is 0 Å². The number of aromatic amines is 1. The van der Waals surface area contributed by atoms with Crippen LogP contribution in [-0.2, 0) is 0 Å². The van der Waals surface area contributed by atoms with Crippen LogP contribution in [0.4, 0.5) is 0 Å². The molecule has 1 saturated carbocycles. The van der Waals surface area contributed by atoms with Crippen molar-refractivity contribution in [1.82, 2.24) is 30.1 Å². The van der Waals surface area contributed by atoms with E-state index in [2.05, 4.69) is 15.2 Å². The third-order valence-corrected chi connectivity index (χ3v) is 5.77. The summed E-state index contributed by atoms with van der Waals surface area (Å²) in [5.41, 5.74) is 1.80. The molecule has 27 heavy (non-hydrogen) atoms. The Bertz CT molecular complexity index is 1070. The average molecular weight is 374 g/mol. The summed E-state index contributed by atoms with van der Waals surface area (Å²) in [4.78, 5) is 18.4. The molecule has 6 nitrogen and oxygen atoms in total. The minimum atomic E-state index is 0.514. The number of nitrogens with one attached hydrogen (secondary N) is 1. The summed E-state index contributed by atoms with van der Waals surface area (Å²) in [5.74, 6) is 2.18. The molecule has 0 saturated heterocycles. The number of hydrogen-bond acceptors (Lipinski definition) is 6.